The van der Waals surface area contributed by atoms with Gasteiger partial charge in [0.05, 0.1) is 10.2 Å². The van der Waals surface area contributed by atoms with Crippen LogP contribution in [0.25, 0.3) is 0 Å². The molecular weight excluding hydrogens is 262 g/mol. The molecule has 0 aliphatic heterocycles. The van der Waals surface area contributed by atoms with Crippen LogP contribution in [0.2, 0.25) is 0 Å². The van der Waals surface area contributed by atoms with Crippen LogP contribution in [0.1, 0.15) is 19.2 Å². The molecule has 0 bridgehead atoms. The predicted molar refractivity (Wildman–Crippen MR) is 65.7 cm³/mol. The van der Waals surface area contributed by atoms with E-state index >= 15 is 0 Å². The summed E-state index contributed by atoms with van der Waals surface area (Å²) in [6, 6.07) is 0. The van der Waals surface area contributed by atoms with Crippen LogP contribution >= 0.6 is 27.7 Å². The highest BCUT2D eigenvalue weighted by Crippen LogP contribution is 2.19. The summed E-state index contributed by atoms with van der Waals surface area (Å²) in [5.41, 5.74) is 0. The van der Waals surface area contributed by atoms with E-state index in [1.54, 1.807) is 18.0 Å². The maximum Gasteiger partial charge on any atom is 0.144 e. The maximum absolute atomic E-state index is 4.41. The SMILES string of the molecule is CCCNc1nc(CSC)ncc1Br. The summed E-state index contributed by atoms with van der Waals surface area (Å²) in [6.45, 7) is 3.07. The van der Waals surface area contributed by atoms with Gasteiger partial charge in [0.25, 0.3) is 0 Å². The van der Waals surface area contributed by atoms with Crippen molar-refractivity contribution in [3.05, 3.63) is 16.5 Å². The summed E-state index contributed by atoms with van der Waals surface area (Å²) in [5.74, 6) is 2.62. The molecule has 1 N–H and O–H groups in total. The Morgan fingerprint density at radius 3 is 3.00 bits per heavy atom. The van der Waals surface area contributed by atoms with Gasteiger partial charge in [0, 0.05) is 12.7 Å². The fourth-order valence-corrected chi connectivity index (χ4v) is 1.70. The van der Waals surface area contributed by atoms with Crippen LogP contribution in [0.4, 0.5) is 5.82 Å². The van der Waals surface area contributed by atoms with Crippen molar-refractivity contribution in [1.29, 1.82) is 0 Å². The first-order chi connectivity index (χ1) is 6.77. The second kappa shape index (κ2) is 6.24. The third kappa shape index (κ3) is 3.46. The molecule has 0 aliphatic carbocycles. The molecule has 0 atom stereocenters. The van der Waals surface area contributed by atoms with Crippen LogP contribution in [0, 0.1) is 0 Å². The normalized spacial score (nSPS) is 10.2. The van der Waals surface area contributed by atoms with Crippen molar-refractivity contribution >= 4 is 33.5 Å². The molecule has 5 heteroatoms. The molecule has 1 aromatic rings. The molecular formula is C9H14BrN3S. The lowest BCUT2D eigenvalue weighted by Gasteiger charge is -2.07. The van der Waals surface area contributed by atoms with Crippen molar-refractivity contribution in [2.45, 2.75) is 19.1 Å². The number of thioether (sulfide) groups is 1. The lowest BCUT2D eigenvalue weighted by molar-refractivity contribution is 0.947. The van der Waals surface area contributed by atoms with Gasteiger partial charge in [-0.15, -0.1) is 0 Å². The molecule has 0 saturated carbocycles. The summed E-state index contributed by atoms with van der Waals surface area (Å²) >= 11 is 5.14. The quantitative estimate of drug-likeness (QED) is 0.897. The number of aromatic nitrogens is 2. The van der Waals surface area contributed by atoms with Crippen molar-refractivity contribution < 1.29 is 0 Å². The maximum atomic E-state index is 4.41. The molecule has 0 saturated heterocycles. The van der Waals surface area contributed by atoms with Crippen LogP contribution in [0.15, 0.2) is 10.7 Å². The van der Waals surface area contributed by atoms with E-state index in [4.69, 9.17) is 0 Å². The van der Waals surface area contributed by atoms with Gasteiger partial charge in [0.2, 0.25) is 0 Å². The lowest BCUT2D eigenvalue weighted by atomic mass is 10.4. The summed E-state index contributed by atoms with van der Waals surface area (Å²) in [5, 5.41) is 3.25. The number of nitrogens with one attached hydrogen (secondary N) is 1. The Bertz CT molecular complexity index is 293. The zero-order valence-electron chi connectivity index (χ0n) is 8.38. The van der Waals surface area contributed by atoms with E-state index in [-0.39, 0.29) is 0 Å². The molecule has 78 valence electrons. The van der Waals surface area contributed by atoms with Gasteiger partial charge in [-0.2, -0.15) is 11.8 Å². The zero-order chi connectivity index (χ0) is 10.4. The number of hydrogen-bond acceptors (Lipinski definition) is 4. The van der Waals surface area contributed by atoms with Gasteiger partial charge >= 0.3 is 0 Å². The van der Waals surface area contributed by atoms with Crippen LogP contribution in [-0.4, -0.2) is 22.8 Å². The highest BCUT2D eigenvalue weighted by Gasteiger charge is 2.03. The number of halogens is 1. The molecule has 0 radical (unpaired) electrons. The van der Waals surface area contributed by atoms with E-state index in [2.05, 4.69) is 38.1 Å². The average Bonchev–Trinajstić information content (AvgIpc) is 2.19. The Morgan fingerprint density at radius 2 is 2.36 bits per heavy atom. The third-order valence-electron chi connectivity index (χ3n) is 1.61. The highest BCUT2D eigenvalue weighted by molar-refractivity contribution is 9.10. The van der Waals surface area contributed by atoms with E-state index in [1.165, 1.54) is 0 Å². The smallest absolute Gasteiger partial charge is 0.144 e. The van der Waals surface area contributed by atoms with Gasteiger partial charge in [-0.3, -0.25) is 0 Å². The molecule has 3 nitrogen and oxygen atoms in total. The molecule has 1 aromatic heterocycles. The fraction of sp³-hybridized carbons (Fsp3) is 0.556. The molecule has 0 aromatic carbocycles. The van der Waals surface area contributed by atoms with Crippen molar-refractivity contribution in [2.75, 3.05) is 18.1 Å². The van der Waals surface area contributed by atoms with Gasteiger partial charge in [0.1, 0.15) is 11.6 Å². The van der Waals surface area contributed by atoms with E-state index < -0.39 is 0 Å². The molecule has 0 spiro atoms. The Hall–Kier alpha value is -0.290. The first-order valence-electron chi connectivity index (χ1n) is 4.52. The average molecular weight is 276 g/mol. The van der Waals surface area contributed by atoms with Crippen molar-refractivity contribution in [1.82, 2.24) is 9.97 Å². The zero-order valence-corrected chi connectivity index (χ0v) is 10.8. The van der Waals surface area contributed by atoms with Crippen LogP contribution in [0.3, 0.4) is 0 Å². The van der Waals surface area contributed by atoms with E-state index in [9.17, 15) is 0 Å². The van der Waals surface area contributed by atoms with Crippen molar-refractivity contribution in [2.24, 2.45) is 0 Å². The first kappa shape index (κ1) is 11.8. The second-order valence-electron chi connectivity index (χ2n) is 2.84. The van der Waals surface area contributed by atoms with E-state index in [0.717, 1.165) is 34.8 Å². The molecule has 1 heterocycles. The number of nitrogens with zero attached hydrogens (tertiary/aromatic N) is 2. The Morgan fingerprint density at radius 1 is 1.57 bits per heavy atom. The molecule has 1 rings (SSSR count). The van der Waals surface area contributed by atoms with Crippen molar-refractivity contribution in [3.63, 3.8) is 0 Å². The summed E-state index contributed by atoms with van der Waals surface area (Å²) in [6.07, 6.45) is 4.94. The summed E-state index contributed by atoms with van der Waals surface area (Å²) in [4.78, 5) is 8.63. The van der Waals surface area contributed by atoms with Gasteiger partial charge < -0.3 is 5.32 Å². The third-order valence-corrected chi connectivity index (χ3v) is 2.74. The van der Waals surface area contributed by atoms with Crippen LogP contribution in [0.5, 0.6) is 0 Å². The van der Waals surface area contributed by atoms with Gasteiger partial charge in [-0.05, 0) is 28.6 Å². The minimum atomic E-state index is 0.855. The molecule has 0 amide bonds. The van der Waals surface area contributed by atoms with Crippen molar-refractivity contribution in [3.8, 4) is 0 Å². The second-order valence-corrected chi connectivity index (χ2v) is 4.56. The largest absolute Gasteiger partial charge is 0.369 e. The first-order valence-corrected chi connectivity index (χ1v) is 6.70. The fourth-order valence-electron chi connectivity index (χ4n) is 0.970. The summed E-state index contributed by atoms with van der Waals surface area (Å²) in [7, 11) is 0. The predicted octanol–water partition coefficient (Wildman–Crippen LogP) is 2.92. The van der Waals surface area contributed by atoms with E-state index in [1.807, 2.05) is 6.26 Å². The lowest BCUT2D eigenvalue weighted by Crippen LogP contribution is -2.05. The Labute approximate surface area is 97.2 Å². The molecule has 0 aliphatic rings. The number of rotatable bonds is 5. The Kier molecular flexibility index (Phi) is 5.25. The number of hydrogen-bond donors (Lipinski definition) is 1. The Balaban J connectivity index is 2.74. The minimum absolute atomic E-state index is 0.855. The topological polar surface area (TPSA) is 37.8 Å². The number of anilines is 1. The van der Waals surface area contributed by atoms with Crippen LogP contribution in [-0.2, 0) is 5.75 Å². The van der Waals surface area contributed by atoms with E-state index in [0.29, 0.717) is 0 Å². The van der Waals surface area contributed by atoms with Gasteiger partial charge in [0.15, 0.2) is 0 Å². The highest BCUT2D eigenvalue weighted by atomic mass is 79.9. The molecule has 14 heavy (non-hydrogen) atoms. The van der Waals surface area contributed by atoms with Gasteiger partial charge in [-0.25, -0.2) is 9.97 Å². The molecule has 0 fully saturated rings. The standard InChI is InChI=1S/C9H14BrN3S/c1-3-4-11-9-7(10)5-12-8(13-9)6-14-2/h5H,3-4,6H2,1-2H3,(H,11,12,13). The monoisotopic (exact) mass is 275 g/mol. The summed E-state index contributed by atoms with van der Waals surface area (Å²) < 4.78 is 0.927. The minimum Gasteiger partial charge on any atom is -0.369 e. The van der Waals surface area contributed by atoms with Gasteiger partial charge in [-0.1, -0.05) is 6.92 Å². The molecule has 0 unspecified atom stereocenters. The van der Waals surface area contributed by atoms with Crippen LogP contribution < -0.4 is 5.32 Å².